The molecule has 6 nitrogen and oxygen atoms in total. The normalized spacial score (nSPS) is 15.1. The highest BCUT2D eigenvalue weighted by Crippen LogP contribution is 2.31. The molecule has 27 heavy (non-hydrogen) atoms. The second-order valence-corrected chi connectivity index (χ2v) is 7.45. The minimum atomic E-state index is -0.390. The fourth-order valence-electron chi connectivity index (χ4n) is 2.88. The molecule has 3 amide bonds. The Morgan fingerprint density at radius 3 is 2.74 bits per heavy atom. The van der Waals surface area contributed by atoms with Crippen LogP contribution in [0.4, 0.5) is 5.69 Å². The van der Waals surface area contributed by atoms with Gasteiger partial charge in [-0.1, -0.05) is 32.8 Å². The average molecular weight is 391 g/mol. The van der Waals surface area contributed by atoms with E-state index in [4.69, 9.17) is 5.11 Å². The average Bonchev–Trinajstić information content (AvgIpc) is 2.96. The molecule has 0 aliphatic carbocycles. The standard InChI is InChI=1S/C20H26N2O4S/c1-3-6-14(4-2)13-27-17-12-18(24)22(20(17)26)16-8-5-7-15(11-16)19(25)21-9-10-23/h5,7-8,11-12,14,23H,3-4,6,9-10,13H2,1-2H3,(H,21,25). The van der Waals surface area contributed by atoms with Crippen LogP contribution in [0.1, 0.15) is 43.5 Å². The van der Waals surface area contributed by atoms with E-state index in [0.717, 1.165) is 29.9 Å². The largest absolute Gasteiger partial charge is 0.395 e. The van der Waals surface area contributed by atoms with Crippen molar-refractivity contribution < 1.29 is 19.5 Å². The third kappa shape index (κ3) is 5.43. The van der Waals surface area contributed by atoms with Crippen molar-refractivity contribution >= 4 is 35.2 Å². The van der Waals surface area contributed by atoms with Crippen molar-refractivity contribution in [2.45, 2.75) is 33.1 Å². The smallest absolute Gasteiger partial charge is 0.271 e. The molecule has 1 aromatic carbocycles. The Labute approximate surface area is 164 Å². The quantitative estimate of drug-likeness (QED) is 0.600. The van der Waals surface area contributed by atoms with Crippen molar-refractivity contribution in [3.63, 3.8) is 0 Å². The van der Waals surface area contributed by atoms with Crippen LogP contribution in [0.3, 0.4) is 0 Å². The molecule has 1 aromatic rings. The Kier molecular flexibility index (Phi) is 8.06. The van der Waals surface area contributed by atoms with Crippen molar-refractivity contribution in [2.75, 3.05) is 23.8 Å². The minimum absolute atomic E-state index is 0.142. The number of carbonyl (C=O) groups excluding carboxylic acids is 3. The van der Waals surface area contributed by atoms with Gasteiger partial charge in [0, 0.05) is 23.9 Å². The molecule has 2 N–H and O–H groups in total. The second kappa shape index (κ2) is 10.3. The number of hydrogen-bond donors (Lipinski definition) is 2. The first-order chi connectivity index (χ1) is 13.0. The summed E-state index contributed by atoms with van der Waals surface area (Å²) in [6.07, 6.45) is 4.63. The summed E-state index contributed by atoms with van der Waals surface area (Å²) in [5, 5.41) is 11.4. The van der Waals surface area contributed by atoms with Gasteiger partial charge in [0.15, 0.2) is 0 Å². The summed E-state index contributed by atoms with van der Waals surface area (Å²) in [6.45, 7) is 4.26. The maximum atomic E-state index is 12.7. The highest BCUT2D eigenvalue weighted by atomic mass is 32.2. The zero-order valence-electron chi connectivity index (χ0n) is 15.7. The van der Waals surface area contributed by atoms with Gasteiger partial charge in [-0.2, -0.15) is 0 Å². The molecule has 7 heteroatoms. The van der Waals surface area contributed by atoms with Crippen LogP contribution >= 0.6 is 11.8 Å². The van der Waals surface area contributed by atoms with Gasteiger partial charge >= 0.3 is 0 Å². The number of rotatable bonds is 10. The SMILES string of the molecule is CCCC(CC)CSC1=CC(=O)N(c2cccc(C(=O)NCCO)c2)C1=O. The molecule has 0 spiro atoms. The number of carbonyl (C=O) groups is 3. The third-order valence-corrected chi connectivity index (χ3v) is 5.64. The van der Waals surface area contributed by atoms with E-state index in [0.29, 0.717) is 22.1 Å². The molecule has 0 fully saturated rings. The Bertz CT molecular complexity index is 732. The van der Waals surface area contributed by atoms with Crippen LogP contribution in [0.25, 0.3) is 0 Å². The number of amides is 3. The molecule has 1 heterocycles. The fraction of sp³-hybridized carbons (Fsp3) is 0.450. The van der Waals surface area contributed by atoms with Gasteiger partial charge in [0.05, 0.1) is 17.2 Å². The maximum Gasteiger partial charge on any atom is 0.271 e. The van der Waals surface area contributed by atoms with Crippen LogP contribution in [-0.2, 0) is 9.59 Å². The van der Waals surface area contributed by atoms with Crippen molar-refractivity contribution in [2.24, 2.45) is 5.92 Å². The molecule has 0 saturated carbocycles. The number of aliphatic hydroxyl groups is 1. The Morgan fingerprint density at radius 2 is 2.07 bits per heavy atom. The molecule has 0 saturated heterocycles. The van der Waals surface area contributed by atoms with Gasteiger partial charge in [-0.15, -0.1) is 11.8 Å². The van der Waals surface area contributed by atoms with Crippen molar-refractivity contribution in [3.8, 4) is 0 Å². The Hall–Kier alpha value is -2.12. The summed E-state index contributed by atoms with van der Waals surface area (Å²) in [5.74, 6) is 0.240. The molecule has 0 bridgehead atoms. The van der Waals surface area contributed by atoms with Gasteiger partial charge in [0.25, 0.3) is 17.7 Å². The van der Waals surface area contributed by atoms with Crippen LogP contribution in [0.2, 0.25) is 0 Å². The van der Waals surface area contributed by atoms with E-state index in [1.807, 2.05) is 0 Å². The Balaban J connectivity index is 2.09. The lowest BCUT2D eigenvalue weighted by atomic mass is 10.0. The van der Waals surface area contributed by atoms with E-state index in [1.54, 1.807) is 18.2 Å². The second-order valence-electron chi connectivity index (χ2n) is 6.39. The fourth-order valence-corrected chi connectivity index (χ4v) is 4.09. The van der Waals surface area contributed by atoms with Gasteiger partial charge in [-0.05, 0) is 30.5 Å². The van der Waals surface area contributed by atoms with Crippen molar-refractivity contribution in [3.05, 3.63) is 40.8 Å². The van der Waals surface area contributed by atoms with E-state index in [1.165, 1.54) is 23.9 Å². The van der Waals surface area contributed by atoms with Crippen LogP contribution < -0.4 is 10.2 Å². The van der Waals surface area contributed by atoms with Crippen LogP contribution in [0, 0.1) is 5.92 Å². The van der Waals surface area contributed by atoms with E-state index >= 15 is 0 Å². The van der Waals surface area contributed by atoms with Crippen molar-refractivity contribution in [1.29, 1.82) is 0 Å². The summed E-state index contributed by atoms with van der Waals surface area (Å²) in [6, 6.07) is 6.37. The van der Waals surface area contributed by atoms with Gasteiger partial charge in [-0.25, -0.2) is 4.90 Å². The van der Waals surface area contributed by atoms with Crippen LogP contribution in [-0.4, -0.2) is 41.7 Å². The molecule has 1 aliphatic heterocycles. The lowest BCUT2D eigenvalue weighted by molar-refractivity contribution is -0.120. The number of nitrogens with one attached hydrogen (secondary N) is 1. The van der Waals surface area contributed by atoms with Gasteiger partial charge in [0.1, 0.15) is 0 Å². The van der Waals surface area contributed by atoms with Gasteiger partial charge in [0.2, 0.25) is 0 Å². The Morgan fingerprint density at radius 1 is 1.30 bits per heavy atom. The molecule has 1 aliphatic rings. The van der Waals surface area contributed by atoms with E-state index in [2.05, 4.69) is 19.2 Å². The zero-order valence-corrected chi connectivity index (χ0v) is 16.6. The monoisotopic (exact) mass is 390 g/mol. The number of anilines is 1. The zero-order chi connectivity index (χ0) is 19.8. The van der Waals surface area contributed by atoms with Crippen LogP contribution in [0.5, 0.6) is 0 Å². The first-order valence-corrected chi connectivity index (χ1v) is 10.2. The molecule has 146 valence electrons. The highest BCUT2D eigenvalue weighted by molar-refractivity contribution is 8.04. The highest BCUT2D eigenvalue weighted by Gasteiger charge is 2.33. The summed E-state index contributed by atoms with van der Waals surface area (Å²) < 4.78 is 0. The van der Waals surface area contributed by atoms with E-state index in [-0.39, 0.29) is 30.9 Å². The lowest BCUT2D eigenvalue weighted by Crippen LogP contribution is -2.31. The van der Waals surface area contributed by atoms with E-state index in [9.17, 15) is 14.4 Å². The summed E-state index contributed by atoms with van der Waals surface area (Å²) in [4.78, 5) is 38.7. The third-order valence-electron chi connectivity index (χ3n) is 4.40. The number of imide groups is 1. The molecule has 1 atom stereocenters. The van der Waals surface area contributed by atoms with E-state index < -0.39 is 0 Å². The molecule has 0 radical (unpaired) electrons. The number of benzene rings is 1. The topological polar surface area (TPSA) is 86.7 Å². The number of thioether (sulfide) groups is 1. The molecule has 1 unspecified atom stereocenters. The molecule has 0 aromatic heterocycles. The minimum Gasteiger partial charge on any atom is -0.395 e. The summed E-state index contributed by atoms with van der Waals surface area (Å²) in [5.41, 5.74) is 0.700. The maximum absolute atomic E-state index is 12.7. The van der Waals surface area contributed by atoms with Crippen molar-refractivity contribution in [1.82, 2.24) is 5.32 Å². The first-order valence-electron chi connectivity index (χ1n) is 9.23. The summed E-state index contributed by atoms with van der Waals surface area (Å²) in [7, 11) is 0. The predicted octanol–water partition coefficient (Wildman–Crippen LogP) is 2.73. The van der Waals surface area contributed by atoms with Gasteiger partial charge in [-0.3, -0.25) is 14.4 Å². The number of hydrogen-bond acceptors (Lipinski definition) is 5. The summed E-state index contributed by atoms with van der Waals surface area (Å²) >= 11 is 1.43. The lowest BCUT2D eigenvalue weighted by Gasteiger charge is -2.17. The molecular weight excluding hydrogens is 364 g/mol. The van der Waals surface area contributed by atoms with Crippen LogP contribution in [0.15, 0.2) is 35.2 Å². The van der Waals surface area contributed by atoms with Gasteiger partial charge < -0.3 is 10.4 Å². The molecule has 2 rings (SSSR count). The predicted molar refractivity (Wildman–Crippen MR) is 108 cm³/mol. The number of nitrogens with zero attached hydrogens (tertiary/aromatic N) is 1. The first kappa shape index (κ1) is 21.2. The molecular formula is C20H26N2O4S. The number of aliphatic hydroxyl groups excluding tert-OH is 1.